The summed E-state index contributed by atoms with van der Waals surface area (Å²) in [4.78, 5) is 32.5. The molecule has 1 N–H and O–H groups in total. The highest BCUT2D eigenvalue weighted by molar-refractivity contribution is 7.22. The lowest BCUT2D eigenvalue weighted by atomic mass is 9.95. The van der Waals surface area contributed by atoms with Gasteiger partial charge >= 0.3 is 0 Å². The normalized spacial score (nSPS) is 16.1. The number of aryl methyl sites for hydroxylation is 1. The van der Waals surface area contributed by atoms with Gasteiger partial charge in [0.2, 0.25) is 5.78 Å². The third-order valence-electron chi connectivity index (χ3n) is 5.44. The molecule has 0 aliphatic carbocycles. The Hall–Kier alpha value is -3.91. The van der Waals surface area contributed by atoms with Crippen molar-refractivity contribution < 1.29 is 23.8 Å². The predicted octanol–water partition coefficient (Wildman–Crippen LogP) is 5.38. The molecule has 166 valence electrons. The standard InChI is InChI=1S/C25H20N2O5S/c1-3-31-16-9-7-15(8-10-16)21-20(22(28)18-5-4-12-32-18)23(29)24(30)27(21)25-26-17-11-6-14(2)13-19(17)33-25/h4-13,21,29H,3H2,1-2H3/t21-/m0/s1. The summed E-state index contributed by atoms with van der Waals surface area (Å²) in [5.41, 5.74) is 2.41. The summed E-state index contributed by atoms with van der Waals surface area (Å²) in [6.07, 6.45) is 1.38. The number of ether oxygens (including phenoxy) is 1. The molecule has 1 aliphatic rings. The van der Waals surface area contributed by atoms with E-state index in [0.29, 0.717) is 23.1 Å². The minimum atomic E-state index is -0.868. The van der Waals surface area contributed by atoms with Gasteiger partial charge in [0.25, 0.3) is 5.91 Å². The van der Waals surface area contributed by atoms with Gasteiger partial charge in [0, 0.05) is 0 Å². The number of carbonyl (C=O) groups excluding carboxylic acids is 2. The number of carbonyl (C=O) groups is 2. The van der Waals surface area contributed by atoms with Gasteiger partial charge in [-0.1, -0.05) is 29.5 Å². The maximum Gasteiger partial charge on any atom is 0.296 e. The Morgan fingerprint density at radius 2 is 2.00 bits per heavy atom. The van der Waals surface area contributed by atoms with E-state index in [-0.39, 0.29) is 11.3 Å². The number of hydrogen-bond donors (Lipinski definition) is 1. The van der Waals surface area contributed by atoms with Crippen LogP contribution in [0.15, 0.2) is 76.6 Å². The Morgan fingerprint density at radius 3 is 2.70 bits per heavy atom. The third kappa shape index (κ3) is 3.58. The van der Waals surface area contributed by atoms with Gasteiger partial charge in [0.05, 0.1) is 34.7 Å². The van der Waals surface area contributed by atoms with Crippen LogP contribution in [-0.4, -0.2) is 28.4 Å². The fourth-order valence-corrected chi connectivity index (χ4v) is 5.02. The van der Waals surface area contributed by atoms with Crippen LogP contribution in [-0.2, 0) is 4.79 Å². The highest BCUT2D eigenvalue weighted by Gasteiger charge is 2.46. The number of ketones is 1. The summed E-state index contributed by atoms with van der Waals surface area (Å²) < 4.78 is 11.7. The second-order valence-corrected chi connectivity index (χ2v) is 8.63. The van der Waals surface area contributed by atoms with Crippen LogP contribution >= 0.6 is 11.3 Å². The lowest BCUT2D eigenvalue weighted by molar-refractivity contribution is -0.117. The van der Waals surface area contributed by atoms with E-state index >= 15 is 0 Å². The average molecular weight is 461 g/mol. The molecule has 33 heavy (non-hydrogen) atoms. The number of aliphatic hydroxyl groups excluding tert-OH is 1. The minimum Gasteiger partial charge on any atom is -0.503 e. The van der Waals surface area contributed by atoms with E-state index in [1.807, 2.05) is 32.0 Å². The Labute approximate surface area is 193 Å². The van der Waals surface area contributed by atoms with E-state index in [9.17, 15) is 14.7 Å². The number of amides is 1. The van der Waals surface area contributed by atoms with Gasteiger partial charge in [-0.05, 0) is 61.4 Å². The summed E-state index contributed by atoms with van der Waals surface area (Å²) >= 11 is 1.33. The van der Waals surface area contributed by atoms with Crippen molar-refractivity contribution in [3.8, 4) is 5.75 Å². The fourth-order valence-electron chi connectivity index (χ4n) is 3.93. The molecule has 0 radical (unpaired) electrons. The van der Waals surface area contributed by atoms with E-state index in [0.717, 1.165) is 15.8 Å². The van der Waals surface area contributed by atoms with Crippen LogP contribution in [0.4, 0.5) is 5.13 Å². The first-order valence-electron chi connectivity index (χ1n) is 10.4. The molecule has 5 rings (SSSR count). The van der Waals surface area contributed by atoms with Gasteiger partial charge in [-0.3, -0.25) is 14.5 Å². The Bertz CT molecular complexity index is 1390. The highest BCUT2D eigenvalue weighted by Crippen LogP contribution is 2.44. The van der Waals surface area contributed by atoms with Crippen molar-refractivity contribution in [2.24, 2.45) is 0 Å². The van der Waals surface area contributed by atoms with Crippen LogP contribution < -0.4 is 9.64 Å². The molecule has 0 bridgehead atoms. The van der Waals surface area contributed by atoms with Crippen molar-refractivity contribution in [2.75, 3.05) is 11.5 Å². The van der Waals surface area contributed by atoms with Gasteiger partial charge in [0.15, 0.2) is 16.7 Å². The Morgan fingerprint density at radius 1 is 1.21 bits per heavy atom. The van der Waals surface area contributed by atoms with E-state index in [1.165, 1.54) is 28.6 Å². The first-order chi connectivity index (χ1) is 16.0. The van der Waals surface area contributed by atoms with Crippen molar-refractivity contribution in [1.29, 1.82) is 0 Å². The van der Waals surface area contributed by atoms with E-state index in [1.54, 1.807) is 30.3 Å². The van der Waals surface area contributed by atoms with Crippen LogP contribution in [0, 0.1) is 6.92 Å². The zero-order valence-corrected chi connectivity index (χ0v) is 18.8. The second-order valence-electron chi connectivity index (χ2n) is 7.62. The molecule has 0 unspecified atom stereocenters. The molecule has 2 aromatic heterocycles. The van der Waals surface area contributed by atoms with Crippen molar-refractivity contribution in [1.82, 2.24) is 4.98 Å². The maximum absolute atomic E-state index is 13.3. The van der Waals surface area contributed by atoms with E-state index in [4.69, 9.17) is 9.15 Å². The lowest BCUT2D eigenvalue weighted by Gasteiger charge is -2.24. The summed E-state index contributed by atoms with van der Waals surface area (Å²) in [7, 11) is 0. The van der Waals surface area contributed by atoms with Crippen molar-refractivity contribution in [3.05, 3.63) is 89.1 Å². The molecule has 8 heteroatoms. The third-order valence-corrected chi connectivity index (χ3v) is 6.46. The molecule has 1 atom stereocenters. The van der Waals surface area contributed by atoms with Crippen LogP contribution in [0.25, 0.3) is 10.2 Å². The second kappa shape index (κ2) is 8.22. The maximum atomic E-state index is 13.3. The number of aliphatic hydroxyl groups is 1. The van der Waals surface area contributed by atoms with Gasteiger partial charge < -0.3 is 14.3 Å². The first-order valence-corrected chi connectivity index (χ1v) is 11.2. The molecular formula is C25H20N2O5S. The summed E-state index contributed by atoms with van der Waals surface area (Å²) in [6, 6.07) is 15.1. The summed E-state index contributed by atoms with van der Waals surface area (Å²) in [5, 5.41) is 11.2. The molecule has 4 aromatic rings. The van der Waals surface area contributed by atoms with Crippen molar-refractivity contribution in [2.45, 2.75) is 19.9 Å². The number of thiazole rings is 1. The lowest BCUT2D eigenvalue weighted by Crippen LogP contribution is -2.30. The molecule has 0 spiro atoms. The quantitative estimate of drug-likeness (QED) is 0.389. The number of nitrogens with zero attached hydrogens (tertiary/aromatic N) is 2. The van der Waals surface area contributed by atoms with Crippen LogP contribution in [0.3, 0.4) is 0 Å². The number of furan rings is 1. The topological polar surface area (TPSA) is 92.9 Å². The number of anilines is 1. The molecule has 0 saturated heterocycles. The molecule has 0 fully saturated rings. The number of aromatic nitrogens is 1. The van der Waals surface area contributed by atoms with Gasteiger partial charge in [0.1, 0.15) is 5.75 Å². The number of rotatable bonds is 6. The van der Waals surface area contributed by atoms with E-state index < -0.39 is 23.5 Å². The van der Waals surface area contributed by atoms with E-state index in [2.05, 4.69) is 4.98 Å². The van der Waals surface area contributed by atoms with Crippen molar-refractivity contribution in [3.63, 3.8) is 0 Å². The van der Waals surface area contributed by atoms with Gasteiger partial charge in [-0.25, -0.2) is 4.98 Å². The minimum absolute atomic E-state index is 0.0436. The Kier molecular flexibility index (Phi) is 5.22. The fraction of sp³-hybridized carbons (Fsp3) is 0.160. The van der Waals surface area contributed by atoms with Gasteiger partial charge in [-0.2, -0.15) is 0 Å². The van der Waals surface area contributed by atoms with Crippen LogP contribution in [0.1, 0.15) is 34.6 Å². The Balaban J connectivity index is 1.65. The van der Waals surface area contributed by atoms with Crippen molar-refractivity contribution >= 4 is 38.4 Å². The smallest absolute Gasteiger partial charge is 0.296 e. The summed E-state index contributed by atoms with van der Waals surface area (Å²) in [6.45, 7) is 4.39. The van der Waals surface area contributed by atoms with Crippen LogP contribution in [0.5, 0.6) is 5.75 Å². The average Bonchev–Trinajstić information content (AvgIpc) is 3.53. The SMILES string of the molecule is CCOc1ccc([C@H]2C(C(=O)c3ccco3)=C(O)C(=O)N2c2nc3ccc(C)cc3s2)cc1. The zero-order valence-electron chi connectivity index (χ0n) is 17.9. The van der Waals surface area contributed by atoms with Crippen LogP contribution in [0.2, 0.25) is 0 Å². The molecular weight excluding hydrogens is 440 g/mol. The number of fused-ring (bicyclic) bond motifs is 1. The molecule has 0 saturated carbocycles. The highest BCUT2D eigenvalue weighted by atomic mass is 32.1. The first kappa shape index (κ1) is 21.0. The number of hydrogen-bond acceptors (Lipinski definition) is 7. The summed E-state index contributed by atoms with van der Waals surface area (Å²) in [5.74, 6) is -1.13. The van der Waals surface area contributed by atoms with Gasteiger partial charge in [-0.15, -0.1) is 0 Å². The monoisotopic (exact) mass is 460 g/mol. The zero-order chi connectivity index (χ0) is 23.1. The number of Topliss-reactive ketones (excluding diaryl/α,β-unsaturated/α-hetero) is 1. The molecule has 2 aromatic carbocycles. The molecule has 1 aliphatic heterocycles. The molecule has 1 amide bonds. The molecule has 3 heterocycles. The predicted molar refractivity (Wildman–Crippen MR) is 125 cm³/mol. The largest absolute Gasteiger partial charge is 0.503 e. The number of benzene rings is 2. The molecule has 7 nitrogen and oxygen atoms in total.